The second-order valence-corrected chi connectivity index (χ2v) is 23.6. The van der Waals surface area contributed by atoms with Crippen molar-refractivity contribution in [2.24, 2.45) is 98.6 Å². The molecule has 0 spiro atoms. The lowest BCUT2D eigenvalue weighted by atomic mass is 9.44. The molecule has 3 nitrogen and oxygen atoms in total. The minimum atomic E-state index is -0.0790. The van der Waals surface area contributed by atoms with E-state index < -0.39 is 0 Å². The zero-order chi connectivity index (χ0) is 39.5. The first-order chi connectivity index (χ1) is 26.0. The molecule has 18 atom stereocenters. The van der Waals surface area contributed by atoms with E-state index in [0.717, 1.165) is 90.3 Å². The highest BCUT2D eigenvalue weighted by atomic mass is 31.0. The van der Waals surface area contributed by atoms with Crippen LogP contribution in [0.15, 0.2) is 11.6 Å². The molecule has 0 bridgehead atoms. The van der Waals surface area contributed by atoms with Crippen molar-refractivity contribution in [3.8, 4) is 0 Å². The number of fused-ring (bicyclic) bond motifs is 10. The SMILES string of the molecule is CC(=O)CC[C@@H](C)[C@H]1CCC2C3CC[C@@H]4C[C@H](C)CC[C@]4(C)C3CC[C@@]21C.C[C@@H]1CC[C@@]2(C)C(=CCC3C2CC[C@@]2(C)C3CC[C@@H]2[C@H](C)CCC(=O)OP)C1. The molecule has 0 N–H and O–H groups in total. The van der Waals surface area contributed by atoms with E-state index in [1.807, 2.05) is 5.57 Å². The number of allylic oxidation sites excluding steroid dienone is 2. The molecule has 312 valence electrons. The van der Waals surface area contributed by atoms with Crippen LogP contribution >= 0.6 is 9.47 Å². The second-order valence-electron chi connectivity index (χ2n) is 23.3. The molecule has 8 aliphatic rings. The van der Waals surface area contributed by atoms with Crippen LogP contribution in [0.3, 0.4) is 0 Å². The minimum Gasteiger partial charge on any atom is -0.452 e. The van der Waals surface area contributed by atoms with Crippen molar-refractivity contribution in [3.05, 3.63) is 11.6 Å². The number of carbonyl (C=O) groups is 2. The summed E-state index contributed by atoms with van der Waals surface area (Å²) < 4.78 is 4.81. The molecule has 0 saturated heterocycles. The van der Waals surface area contributed by atoms with Gasteiger partial charge in [0.25, 0.3) is 0 Å². The van der Waals surface area contributed by atoms with E-state index in [1.54, 1.807) is 6.92 Å². The summed E-state index contributed by atoms with van der Waals surface area (Å²) in [7, 11) is 2.10. The van der Waals surface area contributed by atoms with Crippen LogP contribution in [0.25, 0.3) is 0 Å². The third-order valence-corrected chi connectivity index (χ3v) is 20.9. The smallest absolute Gasteiger partial charge is 0.307 e. The van der Waals surface area contributed by atoms with Crippen LogP contribution in [-0.2, 0) is 14.1 Å². The van der Waals surface area contributed by atoms with Crippen molar-refractivity contribution in [1.29, 1.82) is 0 Å². The van der Waals surface area contributed by atoms with Gasteiger partial charge in [0.05, 0.1) is 9.47 Å². The highest BCUT2D eigenvalue weighted by Gasteiger charge is 2.61. The van der Waals surface area contributed by atoms with Gasteiger partial charge in [-0.05, 0) is 221 Å². The third-order valence-electron chi connectivity index (χ3n) is 20.7. The summed E-state index contributed by atoms with van der Waals surface area (Å²) in [6.45, 7) is 22.1. The maximum atomic E-state index is 11.6. The van der Waals surface area contributed by atoms with Crippen LogP contribution < -0.4 is 0 Å². The topological polar surface area (TPSA) is 43.4 Å². The van der Waals surface area contributed by atoms with Crippen molar-refractivity contribution in [2.75, 3.05) is 0 Å². The molecular formula is C51H85O3P. The van der Waals surface area contributed by atoms with Gasteiger partial charge < -0.3 is 9.32 Å². The number of carbonyl (C=O) groups excluding carboxylic acids is 2. The average Bonchev–Trinajstić information content (AvgIpc) is 3.70. The van der Waals surface area contributed by atoms with Gasteiger partial charge >= 0.3 is 5.97 Å². The molecule has 0 aromatic heterocycles. The van der Waals surface area contributed by atoms with Gasteiger partial charge in [-0.15, -0.1) is 0 Å². The monoisotopic (exact) mass is 777 g/mol. The fourth-order valence-corrected chi connectivity index (χ4v) is 17.6. The van der Waals surface area contributed by atoms with Gasteiger partial charge in [0.15, 0.2) is 0 Å². The third kappa shape index (κ3) is 7.67. The fourth-order valence-electron chi connectivity index (χ4n) is 17.5. The second kappa shape index (κ2) is 16.4. The van der Waals surface area contributed by atoms with E-state index in [4.69, 9.17) is 4.52 Å². The Bertz CT molecular complexity index is 1420. The summed E-state index contributed by atoms with van der Waals surface area (Å²) in [5, 5.41) is 0. The Balaban J connectivity index is 0.000000169. The minimum absolute atomic E-state index is 0.0790. The molecule has 55 heavy (non-hydrogen) atoms. The van der Waals surface area contributed by atoms with Gasteiger partial charge in [-0.3, -0.25) is 4.79 Å². The number of Topliss-reactive ketones (excluding diaryl/α,β-unsaturated/α-hetero) is 1. The van der Waals surface area contributed by atoms with E-state index in [9.17, 15) is 9.59 Å². The molecule has 0 heterocycles. The Kier molecular flexibility index (Phi) is 12.7. The molecule has 7 unspecified atom stereocenters. The molecule has 0 aromatic carbocycles. The van der Waals surface area contributed by atoms with Crippen LogP contribution in [0, 0.1) is 98.6 Å². The van der Waals surface area contributed by atoms with E-state index in [2.05, 4.69) is 70.9 Å². The quantitative estimate of drug-likeness (QED) is 0.182. The molecular weight excluding hydrogens is 692 g/mol. The molecule has 4 heteroatoms. The normalized spacial score (nSPS) is 48.2. The van der Waals surface area contributed by atoms with Crippen molar-refractivity contribution in [2.45, 2.75) is 197 Å². The van der Waals surface area contributed by atoms with Crippen molar-refractivity contribution >= 4 is 21.2 Å². The Hall–Kier alpha value is -0.690. The van der Waals surface area contributed by atoms with E-state index >= 15 is 0 Å². The Morgan fingerprint density at radius 1 is 0.691 bits per heavy atom. The van der Waals surface area contributed by atoms with Crippen LogP contribution in [-0.4, -0.2) is 11.8 Å². The molecule has 8 rings (SSSR count). The first-order valence-electron chi connectivity index (χ1n) is 24.1. The fraction of sp³-hybridized carbons (Fsp3) is 0.922. The van der Waals surface area contributed by atoms with Crippen LogP contribution in [0.5, 0.6) is 0 Å². The summed E-state index contributed by atoms with van der Waals surface area (Å²) >= 11 is 0. The number of hydrogen-bond acceptors (Lipinski definition) is 3. The summed E-state index contributed by atoms with van der Waals surface area (Å²) in [6.07, 6.45) is 30.7. The zero-order valence-electron chi connectivity index (χ0n) is 37.2. The van der Waals surface area contributed by atoms with Crippen molar-refractivity contribution in [1.82, 2.24) is 0 Å². The summed E-state index contributed by atoms with van der Waals surface area (Å²) in [6, 6.07) is 0. The molecule has 8 aliphatic carbocycles. The van der Waals surface area contributed by atoms with E-state index in [0.29, 0.717) is 39.8 Å². The Morgan fingerprint density at radius 3 is 1.89 bits per heavy atom. The summed E-state index contributed by atoms with van der Waals surface area (Å²) in [5.41, 5.74) is 3.99. The molecule has 0 aromatic rings. The predicted molar refractivity (Wildman–Crippen MR) is 232 cm³/mol. The Labute approximate surface area is 341 Å². The number of rotatable bonds is 8. The molecule has 0 amide bonds. The predicted octanol–water partition coefficient (Wildman–Crippen LogP) is 14.2. The van der Waals surface area contributed by atoms with Crippen LogP contribution in [0.4, 0.5) is 0 Å². The van der Waals surface area contributed by atoms with Crippen molar-refractivity contribution < 1.29 is 14.1 Å². The van der Waals surface area contributed by atoms with Gasteiger partial charge in [-0.2, -0.15) is 0 Å². The maximum absolute atomic E-state index is 11.6. The lowest BCUT2D eigenvalue weighted by molar-refractivity contribution is -0.133. The standard InChI is InChI=1S/C26H44O.C25H41O2P/c1-17-12-14-25(4)20(16-17)8-9-21-23-11-10-22(18(2)6-7-19(3)27)26(23,5)15-13-24(21)25;1-16-11-13-24(3)18(15-16)6-7-19-21-9-8-20(17(2)5-10-23(26)27-28)25(21,4)14-12-22(19)24/h17-18,20-24H,6-16H2,1-5H3;6,16-17,19-22H,5,7-15,28H2,1-4H3/t17-,18-,20-,21?,22-,23?,24?,25+,26-;16-,17-,19?,20-,21?,22?,24+,25-/m11/s1. The largest absolute Gasteiger partial charge is 0.452 e. The molecule has 7 fully saturated rings. The van der Waals surface area contributed by atoms with Gasteiger partial charge in [0.1, 0.15) is 5.78 Å². The number of hydrogen-bond donors (Lipinski definition) is 0. The van der Waals surface area contributed by atoms with Gasteiger partial charge in [0, 0.05) is 12.8 Å². The first kappa shape index (κ1) is 42.4. The number of ketones is 1. The highest BCUT2D eigenvalue weighted by molar-refractivity contribution is 7.10. The van der Waals surface area contributed by atoms with Crippen LogP contribution in [0.1, 0.15) is 197 Å². The first-order valence-corrected chi connectivity index (χ1v) is 24.6. The Morgan fingerprint density at radius 2 is 1.25 bits per heavy atom. The summed E-state index contributed by atoms with van der Waals surface area (Å²) in [4.78, 5) is 23.1. The van der Waals surface area contributed by atoms with Gasteiger partial charge in [-0.25, -0.2) is 0 Å². The highest BCUT2D eigenvalue weighted by Crippen LogP contribution is 2.70. The zero-order valence-corrected chi connectivity index (χ0v) is 38.4. The van der Waals surface area contributed by atoms with Crippen molar-refractivity contribution in [3.63, 3.8) is 0 Å². The lowest BCUT2D eigenvalue weighted by Crippen LogP contribution is -2.53. The maximum Gasteiger partial charge on any atom is 0.307 e. The van der Waals surface area contributed by atoms with Crippen LogP contribution in [0.2, 0.25) is 0 Å². The lowest BCUT2D eigenvalue weighted by Gasteiger charge is -2.61. The summed E-state index contributed by atoms with van der Waals surface area (Å²) in [5.74, 6) is 11.8. The molecule has 0 aliphatic heterocycles. The average molecular weight is 777 g/mol. The van der Waals surface area contributed by atoms with Gasteiger partial charge in [-0.1, -0.05) is 73.5 Å². The van der Waals surface area contributed by atoms with E-state index in [-0.39, 0.29) is 5.97 Å². The van der Waals surface area contributed by atoms with E-state index in [1.165, 1.54) is 109 Å². The molecule has 7 saturated carbocycles. The molecule has 0 radical (unpaired) electrons. The van der Waals surface area contributed by atoms with Gasteiger partial charge in [0.2, 0.25) is 0 Å².